The lowest BCUT2D eigenvalue weighted by atomic mass is 9.92. The lowest BCUT2D eigenvalue weighted by Crippen LogP contribution is -2.58. The SMILES string of the molecule is COc1nccc(CN(C)C2CN(c3ccc(C(C)(C)C)nn3)C2)n1. The minimum atomic E-state index is 0.0296. The summed E-state index contributed by atoms with van der Waals surface area (Å²) >= 11 is 0. The Kier molecular flexibility index (Phi) is 4.85. The highest BCUT2D eigenvalue weighted by molar-refractivity contribution is 5.42. The molecule has 0 N–H and O–H groups in total. The normalized spacial score (nSPS) is 15.4. The summed E-state index contributed by atoms with van der Waals surface area (Å²) in [5.74, 6) is 0.946. The number of nitrogens with zero attached hydrogens (tertiary/aromatic N) is 6. The molecule has 2 aromatic rings. The van der Waals surface area contributed by atoms with Crippen molar-refractivity contribution in [3.63, 3.8) is 0 Å². The molecule has 0 atom stereocenters. The molecule has 7 nitrogen and oxygen atoms in total. The molecule has 0 saturated carbocycles. The van der Waals surface area contributed by atoms with Crippen LogP contribution in [-0.2, 0) is 12.0 Å². The van der Waals surface area contributed by atoms with E-state index in [1.165, 1.54) is 0 Å². The van der Waals surface area contributed by atoms with Crippen LogP contribution in [0, 0.1) is 0 Å². The van der Waals surface area contributed by atoms with Crippen LogP contribution >= 0.6 is 0 Å². The largest absolute Gasteiger partial charge is 0.467 e. The van der Waals surface area contributed by atoms with Gasteiger partial charge in [-0.05, 0) is 25.2 Å². The summed E-state index contributed by atoms with van der Waals surface area (Å²) in [6.07, 6.45) is 1.73. The molecule has 0 radical (unpaired) electrons. The molecule has 0 spiro atoms. The minimum Gasteiger partial charge on any atom is -0.467 e. The highest BCUT2D eigenvalue weighted by atomic mass is 16.5. The van der Waals surface area contributed by atoms with E-state index in [-0.39, 0.29) is 5.41 Å². The van der Waals surface area contributed by atoms with Crippen molar-refractivity contribution in [2.24, 2.45) is 0 Å². The van der Waals surface area contributed by atoms with Gasteiger partial charge in [0, 0.05) is 37.3 Å². The lowest BCUT2D eigenvalue weighted by Gasteiger charge is -2.44. The molecule has 3 heterocycles. The van der Waals surface area contributed by atoms with Gasteiger partial charge in [0.2, 0.25) is 0 Å². The van der Waals surface area contributed by atoms with Crippen molar-refractivity contribution in [2.75, 3.05) is 32.1 Å². The molecule has 0 aliphatic carbocycles. The van der Waals surface area contributed by atoms with Gasteiger partial charge in [0.05, 0.1) is 18.5 Å². The Bertz CT molecular complexity index is 706. The van der Waals surface area contributed by atoms with Crippen molar-refractivity contribution in [3.05, 3.63) is 35.8 Å². The number of ether oxygens (including phenoxy) is 1. The maximum Gasteiger partial charge on any atom is 0.316 e. The first-order valence-electron chi connectivity index (χ1n) is 8.52. The predicted molar refractivity (Wildman–Crippen MR) is 96.8 cm³/mol. The van der Waals surface area contributed by atoms with Gasteiger partial charge in [-0.3, -0.25) is 4.90 Å². The fourth-order valence-electron chi connectivity index (χ4n) is 2.76. The van der Waals surface area contributed by atoms with E-state index in [2.05, 4.69) is 69.9 Å². The number of hydrogen-bond donors (Lipinski definition) is 0. The third kappa shape index (κ3) is 4.04. The van der Waals surface area contributed by atoms with Gasteiger partial charge < -0.3 is 9.64 Å². The molecule has 0 bridgehead atoms. The molecule has 134 valence electrons. The zero-order valence-corrected chi connectivity index (χ0v) is 15.6. The van der Waals surface area contributed by atoms with Gasteiger partial charge in [0.15, 0.2) is 5.82 Å². The maximum atomic E-state index is 5.08. The van der Waals surface area contributed by atoms with Gasteiger partial charge in [-0.25, -0.2) is 4.98 Å². The third-order valence-corrected chi connectivity index (χ3v) is 4.51. The molecular formula is C18H26N6O. The topological polar surface area (TPSA) is 67.3 Å². The van der Waals surface area contributed by atoms with Crippen LogP contribution in [0.3, 0.4) is 0 Å². The Labute approximate surface area is 149 Å². The Morgan fingerprint density at radius 2 is 1.96 bits per heavy atom. The van der Waals surface area contributed by atoms with Crippen LogP contribution in [0.2, 0.25) is 0 Å². The van der Waals surface area contributed by atoms with Gasteiger partial charge in [0.25, 0.3) is 0 Å². The number of hydrogen-bond acceptors (Lipinski definition) is 7. The van der Waals surface area contributed by atoms with Gasteiger partial charge in [0.1, 0.15) is 0 Å². The Hall–Kier alpha value is -2.28. The molecule has 1 saturated heterocycles. The molecular weight excluding hydrogens is 316 g/mol. The number of methoxy groups -OCH3 is 1. The van der Waals surface area contributed by atoms with Gasteiger partial charge in [-0.2, -0.15) is 10.1 Å². The van der Waals surface area contributed by atoms with Gasteiger partial charge in [-0.15, -0.1) is 5.10 Å². The summed E-state index contributed by atoms with van der Waals surface area (Å²) in [5.41, 5.74) is 2.01. The van der Waals surface area contributed by atoms with E-state index in [9.17, 15) is 0 Å². The molecule has 7 heteroatoms. The van der Waals surface area contributed by atoms with Crippen LogP contribution < -0.4 is 9.64 Å². The Morgan fingerprint density at radius 1 is 1.20 bits per heavy atom. The Morgan fingerprint density at radius 3 is 2.56 bits per heavy atom. The molecule has 1 aliphatic rings. The number of anilines is 1. The first-order chi connectivity index (χ1) is 11.9. The second-order valence-electron chi connectivity index (χ2n) is 7.54. The summed E-state index contributed by atoms with van der Waals surface area (Å²) in [7, 11) is 3.70. The van der Waals surface area contributed by atoms with Crippen molar-refractivity contribution < 1.29 is 4.74 Å². The van der Waals surface area contributed by atoms with E-state index in [1.807, 2.05) is 6.07 Å². The van der Waals surface area contributed by atoms with Crippen LogP contribution in [0.25, 0.3) is 0 Å². The van der Waals surface area contributed by atoms with Crippen LogP contribution in [0.5, 0.6) is 6.01 Å². The average molecular weight is 342 g/mol. The standard InChI is InChI=1S/C18H26N6O/c1-18(2,3)15-6-7-16(22-21-15)24-11-14(12-24)23(4)10-13-8-9-19-17(20-13)25-5/h6-9,14H,10-12H2,1-5H3. The van der Waals surface area contributed by atoms with E-state index >= 15 is 0 Å². The summed E-state index contributed by atoms with van der Waals surface area (Å²) in [5, 5.41) is 8.76. The fourth-order valence-corrected chi connectivity index (χ4v) is 2.76. The van der Waals surface area contributed by atoms with Crippen LogP contribution in [0.15, 0.2) is 24.4 Å². The first kappa shape index (κ1) is 17.5. The van der Waals surface area contributed by atoms with Crippen molar-refractivity contribution in [3.8, 4) is 6.01 Å². The second-order valence-corrected chi connectivity index (χ2v) is 7.54. The average Bonchev–Trinajstić information content (AvgIpc) is 2.53. The monoisotopic (exact) mass is 342 g/mol. The van der Waals surface area contributed by atoms with Gasteiger partial charge >= 0.3 is 6.01 Å². The summed E-state index contributed by atoms with van der Waals surface area (Å²) in [6.45, 7) is 9.10. The van der Waals surface area contributed by atoms with Gasteiger partial charge in [-0.1, -0.05) is 20.8 Å². The highest BCUT2D eigenvalue weighted by Crippen LogP contribution is 2.24. The number of rotatable bonds is 5. The summed E-state index contributed by atoms with van der Waals surface area (Å²) in [6, 6.07) is 6.96. The summed E-state index contributed by atoms with van der Waals surface area (Å²) < 4.78 is 5.08. The van der Waals surface area contributed by atoms with Crippen molar-refractivity contribution >= 4 is 5.82 Å². The van der Waals surface area contributed by atoms with E-state index in [1.54, 1.807) is 13.3 Å². The maximum absolute atomic E-state index is 5.08. The molecule has 25 heavy (non-hydrogen) atoms. The number of aromatic nitrogens is 4. The molecule has 1 fully saturated rings. The smallest absolute Gasteiger partial charge is 0.316 e. The van der Waals surface area contributed by atoms with E-state index in [4.69, 9.17) is 4.74 Å². The summed E-state index contributed by atoms with van der Waals surface area (Å²) in [4.78, 5) is 13.0. The first-order valence-corrected chi connectivity index (χ1v) is 8.52. The van der Waals surface area contributed by atoms with E-state index in [0.29, 0.717) is 12.1 Å². The fraction of sp³-hybridized carbons (Fsp3) is 0.556. The zero-order valence-electron chi connectivity index (χ0n) is 15.6. The molecule has 0 aromatic carbocycles. The molecule has 2 aromatic heterocycles. The Balaban J connectivity index is 1.54. The van der Waals surface area contributed by atoms with Crippen molar-refractivity contribution in [1.82, 2.24) is 25.1 Å². The minimum absolute atomic E-state index is 0.0296. The lowest BCUT2D eigenvalue weighted by molar-refractivity contribution is 0.194. The van der Waals surface area contributed by atoms with Crippen molar-refractivity contribution in [1.29, 1.82) is 0 Å². The van der Waals surface area contributed by atoms with Crippen molar-refractivity contribution in [2.45, 2.75) is 38.8 Å². The third-order valence-electron chi connectivity index (χ3n) is 4.51. The molecule has 0 unspecified atom stereocenters. The second kappa shape index (κ2) is 6.92. The highest BCUT2D eigenvalue weighted by Gasteiger charge is 2.31. The van der Waals surface area contributed by atoms with Crippen LogP contribution in [0.4, 0.5) is 5.82 Å². The van der Waals surface area contributed by atoms with Crippen LogP contribution in [-0.4, -0.2) is 58.4 Å². The molecule has 0 amide bonds. The predicted octanol–water partition coefficient (Wildman–Crippen LogP) is 1.89. The quantitative estimate of drug-likeness (QED) is 0.822. The van der Waals surface area contributed by atoms with E-state index in [0.717, 1.165) is 36.8 Å². The molecule has 3 rings (SSSR count). The molecule has 1 aliphatic heterocycles. The van der Waals surface area contributed by atoms with Crippen LogP contribution in [0.1, 0.15) is 32.2 Å². The number of likely N-dealkylation sites (N-methyl/N-ethyl adjacent to an activating group) is 1. The van der Waals surface area contributed by atoms with E-state index < -0.39 is 0 Å². The zero-order chi connectivity index (χ0) is 18.0.